The second kappa shape index (κ2) is 12.0. The first-order valence-electron chi connectivity index (χ1n) is 14.7. The molecule has 45 heavy (non-hydrogen) atoms. The van der Waals surface area contributed by atoms with Crippen molar-refractivity contribution in [1.29, 1.82) is 0 Å². The lowest BCUT2D eigenvalue weighted by Gasteiger charge is -2.17. The van der Waals surface area contributed by atoms with Crippen LogP contribution in [0.2, 0.25) is 0 Å². The van der Waals surface area contributed by atoms with Gasteiger partial charge in [0.15, 0.2) is 11.5 Å². The van der Waals surface area contributed by atoms with Gasteiger partial charge in [0.2, 0.25) is 5.91 Å². The van der Waals surface area contributed by atoms with Crippen molar-refractivity contribution in [1.82, 2.24) is 40.0 Å². The maximum absolute atomic E-state index is 14.7. The lowest BCUT2D eigenvalue weighted by molar-refractivity contribution is -0.117. The molecule has 0 radical (unpaired) electrons. The molecule has 5 aromatic heterocycles. The van der Waals surface area contributed by atoms with Crippen LogP contribution >= 0.6 is 0 Å². The number of nitrogens with one attached hydrogen (secondary N) is 4. The van der Waals surface area contributed by atoms with Gasteiger partial charge in [-0.2, -0.15) is 5.10 Å². The van der Waals surface area contributed by atoms with Crippen LogP contribution in [0.3, 0.4) is 0 Å². The SMILES string of the molecule is CN(C)CCNc1cc(F)cc(-c2ccnc3nc(-c4n[nH]c5cnc(-c6cncc(NC(=O)CC(C)(C)C)c6)cc45)[nH]c23)c1. The predicted molar refractivity (Wildman–Crippen MR) is 175 cm³/mol. The number of aromatic amines is 2. The summed E-state index contributed by atoms with van der Waals surface area (Å²) in [7, 11) is 3.99. The fourth-order valence-electron chi connectivity index (χ4n) is 5.13. The van der Waals surface area contributed by atoms with Gasteiger partial charge in [0, 0.05) is 54.1 Å². The molecule has 11 nitrogen and oxygen atoms in total. The van der Waals surface area contributed by atoms with Crippen molar-refractivity contribution < 1.29 is 9.18 Å². The molecule has 0 saturated carbocycles. The number of rotatable bonds is 9. The van der Waals surface area contributed by atoms with Gasteiger partial charge in [-0.1, -0.05) is 20.8 Å². The molecule has 0 fully saturated rings. The summed E-state index contributed by atoms with van der Waals surface area (Å²) >= 11 is 0. The Morgan fingerprint density at radius 1 is 1.00 bits per heavy atom. The molecule has 6 aromatic rings. The maximum atomic E-state index is 14.7. The van der Waals surface area contributed by atoms with Crippen LogP contribution in [0.15, 0.2) is 61.2 Å². The zero-order valence-electron chi connectivity index (χ0n) is 25.9. The summed E-state index contributed by atoms with van der Waals surface area (Å²) in [5, 5.41) is 14.6. The number of carbonyl (C=O) groups is 1. The summed E-state index contributed by atoms with van der Waals surface area (Å²) in [6.07, 6.45) is 7.08. The van der Waals surface area contributed by atoms with E-state index >= 15 is 0 Å². The van der Waals surface area contributed by atoms with E-state index in [2.05, 4.69) is 45.7 Å². The Bertz CT molecular complexity index is 2010. The average Bonchev–Trinajstić information content (AvgIpc) is 3.59. The highest BCUT2D eigenvalue weighted by atomic mass is 19.1. The first-order valence-corrected chi connectivity index (χ1v) is 14.7. The Labute approximate surface area is 259 Å². The van der Waals surface area contributed by atoms with Gasteiger partial charge in [0.05, 0.1) is 34.8 Å². The molecular weight excluding hydrogens is 571 g/mol. The summed E-state index contributed by atoms with van der Waals surface area (Å²) in [5.41, 5.74) is 6.51. The van der Waals surface area contributed by atoms with Gasteiger partial charge in [-0.15, -0.1) is 0 Å². The van der Waals surface area contributed by atoms with Crippen molar-refractivity contribution in [2.24, 2.45) is 5.41 Å². The van der Waals surface area contributed by atoms with Gasteiger partial charge in [-0.3, -0.25) is 19.9 Å². The van der Waals surface area contributed by atoms with Crippen LogP contribution in [0.5, 0.6) is 0 Å². The van der Waals surface area contributed by atoms with E-state index in [-0.39, 0.29) is 17.1 Å². The van der Waals surface area contributed by atoms with Gasteiger partial charge >= 0.3 is 0 Å². The lowest BCUT2D eigenvalue weighted by Crippen LogP contribution is -2.20. The molecule has 1 amide bonds. The van der Waals surface area contributed by atoms with Crippen molar-refractivity contribution in [3.05, 3.63) is 67.0 Å². The fraction of sp³-hybridized carbons (Fsp3) is 0.273. The van der Waals surface area contributed by atoms with Crippen molar-refractivity contribution >= 4 is 39.3 Å². The quantitative estimate of drug-likeness (QED) is 0.155. The molecule has 1 aromatic carbocycles. The Balaban J connectivity index is 1.33. The monoisotopic (exact) mass is 606 g/mol. The van der Waals surface area contributed by atoms with Gasteiger partial charge in [0.25, 0.3) is 0 Å². The summed E-state index contributed by atoms with van der Waals surface area (Å²) in [4.78, 5) is 36.1. The van der Waals surface area contributed by atoms with Crippen molar-refractivity contribution in [3.63, 3.8) is 0 Å². The Morgan fingerprint density at radius 3 is 2.62 bits per heavy atom. The second-order valence-corrected chi connectivity index (χ2v) is 12.5. The molecule has 0 saturated heterocycles. The second-order valence-electron chi connectivity index (χ2n) is 12.5. The third-order valence-corrected chi connectivity index (χ3v) is 7.17. The van der Waals surface area contributed by atoms with Crippen LogP contribution in [0.1, 0.15) is 27.2 Å². The standard InChI is InChI=1S/C33H35FN10O/c1-33(2,3)15-28(45)39-23-12-20(16-35-17-23)26-14-25-27(18-38-26)42-43-30(25)32-40-29-24(6-7-37-31(29)41-32)19-10-21(34)13-22(11-19)36-8-9-44(4)5/h6-7,10-14,16-18,36H,8-9,15H2,1-5H3,(H,39,45)(H,42,43)(H,37,40,41). The van der Waals surface area contributed by atoms with Crippen molar-refractivity contribution in [2.75, 3.05) is 37.8 Å². The van der Waals surface area contributed by atoms with Crippen LogP contribution in [0.25, 0.3) is 56.0 Å². The molecule has 0 aliphatic heterocycles. The van der Waals surface area contributed by atoms with Crippen molar-refractivity contribution in [3.8, 4) is 33.9 Å². The molecule has 0 bridgehead atoms. The molecule has 230 valence electrons. The van der Waals surface area contributed by atoms with Crippen LogP contribution in [0.4, 0.5) is 15.8 Å². The van der Waals surface area contributed by atoms with E-state index in [4.69, 9.17) is 4.98 Å². The Kier molecular flexibility index (Phi) is 7.98. The van der Waals surface area contributed by atoms with E-state index in [1.165, 1.54) is 12.1 Å². The number of fused-ring (bicyclic) bond motifs is 2. The number of H-pyrrole nitrogens is 2. The van der Waals surface area contributed by atoms with Gasteiger partial charge in [-0.05, 0) is 61.5 Å². The number of amides is 1. The van der Waals surface area contributed by atoms with E-state index in [0.717, 1.165) is 28.6 Å². The molecule has 12 heteroatoms. The number of halogens is 1. The zero-order valence-corrected chi connectivity index (χ0v) is 25.9. The Morgan fingerprint density at radius 2 is 1.82 bits per heavy atom. The largest absolute Gasteiger partial charge is 0.384 e. The molecule has 5 heterocycles. The molecule has 0 aliphatic rings. The molecular formula is C33H35FN10O. The number of hydrogen-bond donors (Lipinski definition) is 4. The molecule has 0 spiro atoms. The number of nitrogens with zero attached hydrogens (tertiary/aromatic N) is 6. The van der Waals surface area contributed by atoms with Crippen LogP contribution in [-0.2, 0) is 4.79 Å². The number of pyridine rings is 3. The van der Waals surface area contributed by atoms with Crippen LogP contribution < -0.4 is 10.6 Å². The van der Waals surface area contributed by atoms with E-state index < -0.39 is 0 Å². The molecule has 6 rings (SSSR count). The number of aromatic nitrogens is 7. The van der Waals surface area contributed by atoms with Gasteiger partial charge in [-0.25, -0.2) is 14.4 Å². The average molecular weight is 607 g/mol. The van der Waals surface area contributed by atoms with E-state index in [1.54, 1.807) is 24.8 Å². The minimum absolute atomic E-state index is 0.0742. The molecule has 0 unspecified atom stereocenters. The number of carbonyl (C=O) groups excluding carboxylic acids is 1. The third kappa shape index (κ3) is 6.80. The predicted octanol–water partition coefficient (Wildman–Crippen LogP) is 6.11. The number of hydrogen-bond acceptors (Lipinski definition) is 8. The summed E-state index contributed by atoms with van der Waals surface area (Å²) in [6.45, 7) is 7.56. The highest BCUT2D eigenvalue weighted by Gasteiger charge is 2.19. The normalized spacial score (nSPS) is 11.9. The number of benzene rings is 1. The van der Waals surface area contributed by atoms with E-state index in [9.17, 15) is 9.18 Å². The minimum Gasteiger partial charge on any atom is -0.384 e. The topological polar surface area (TPSA) is 140 Å². The number of likely N-dealkylation sites (N-methyl/N-ethyl adjacent to an activating group) is 1. The summed E-state index contributed by atoms with van der Waals surface area (Å²) < 4.78 is 14.7. The molecule has 0 atom stereocenters. The van der Waals surface area contributed by atoms with E-state index in [1.807, 2.05) is 59.1 Å². The van der Waals surface area contributed by atoms with Gasteiger partial charge in [0.1, 0.15) is 11.5 Å². The smallest absolute Gasteiger partial charge is 0.224 e. The maximum Gasteiger partial charge on any atom is 0.224 e. The lowest BCUT2D eigenvalue weighted by atomic mass is 9.92. The number of imidazole rings is 1. The first-order chi connectivity index (χ1) is 21.5. The summed E-state index contributed by atoms with van der Waals surface area (Å²) in [5.74, 6) is 0.0977. The highest BCUT2D eigenvalue weighted by molar-refractivity contribution is 5.97. The Hall–Kier alpha value is -5.23. The number of anilines is 2. The zero-order chi connectivity index (χ0) is 31.7. The molecule has 4 N–H and O–H groups in total. The third-order valence-electron chi connectivity index (χ3n) is 7.17. The van der Waals surface area contributed by atoms with Crippen LogP contribution in [-0.4, -0.2) is 73.1 Å². The highest BCUT2D eigenvalue weighted by Crippen LogP contribution is 2.33. The first kappa shape index (κ1) is 29.8. The minimum atomic E-state index is -0.338. The van der Waals surface area contributed by atoms with Crippen LogP contribution in [0, 0.1) is 11.2 Å². The summed E-state index contributed by atoms with van der Waals surface area (Å²) in [6, 6.07) is 10.5. The van der Waals surface area contributed by atoms with E-state index in [0.29, 0.717) is 58.3 Å². The van der Waals surface area contributed by atoms with Crippen molar-refractivity contribution in [2.45, 2.75) is 27.2 Å². The fourth-order valence-corrected chi connectivity index (χ4v) is 5.13. The molecule has 0 aliphatic carbocycles. The van der Waals surface area contributed by atoms with Gasteiger partial charge < -0.3 is 20.5 Å².